The second-order valence-electron chi connectivity index (χ2n) is 7.69. The summed E-state index contributed by atoms with van der Waals surface area (Å²) in [6.45, 7) is 4.50. The fraction of sp³-hybridized carbons (Fsp3) is 0.292. The number of carbonyl (C=O) groups is 1. The number of nitrogen functional groups attached to an aromatic ring is 1. The van der Waals surface area contributed by atoms with Crippen molar-refractivity contribution in [1.29, 1.82) is 0 Å². The van der Waals surface area contributed by atoms with Crippen LogP contribution in [-0.4, -0.2) is 35.7 Å². The molecule has 1 heterocycles. The lowest BCUT2D eigenvalue weighted by molar-refractivity contribution is 0.0982. The third kappa shape index (κ3) is 4.97. The fourth-order valence-electron chi connectivity index (χ4n) is 3.55. The first-order valence-corrected chi connectivity index (χ1v) is 10.4. The fourth-order valence-corrected chi connectivity index (χ4v) is 3.55. The molecule has 3 rings (SSSR count). The van der Waals surface area contributed by atoms with Crippen LogP contribution in [0.15, 0.2) is 58.1 Å². The summed E-state index contributed by atoms with van der Waals surface area (Å²) in [7, 11) is 1.57. The Morgan fingerprint density at radius 3 is 2.53 bits per heavy atom. The van der Waals surface area contributed by atoms with E-state index in [9.17, 15) is 14.4 Å². The topological polar surface area (TPSA) is 110 Å². The van der Waals surface area contributed by atoms with E-state index in [-0.39, 0.29) is 30.5 Å². The minimum absolute atomic E-state index is 0.0393. The van der Waals surface area contributed by atoms with Gasteiger partial charge in [0.15, 0.2) is 5.69 Å². The molecule has 0 radical (unpaired) electrons. The Morgan fingerprint density at radius 2 is 1.84 bits per heavy atom. The first-order chi connectivity index (χ1) is 15.3. The van der Waals surface area contributed by atoms with Gasteiger partial charge in [-0.25, -0.2) is 4.79 Å². The maximum Gasteiger partial charge on any atom is 0.330 e. The van der Waals surface area contributed by atoms with Gasteiger partial charge in [0.2, 0.25) is 0 Å². The molecule has 0 fully saturated rings. The summed E-state index contributed by atoms with van der Waals surface area (Å²) in [6, 6.07) is 14.8. The number of ether oxygens (including phenoxy) is 1. The number of hydrogen-bond donors (Lipinski definition) is 2. The van der Waals surface area contributed by atoms with E-state index in [0.717, 1.165) is 16.7 Å². The molecule has 0 aliphatic carbocycles. The second-order valence-corrected chi connectivity index (χ2v) is 7.69. The summed E-state index contributed by atoms with van der Waals surface area (Å²) in [5.74, 6) is -0.414. The summed E-state index contributed by atoms with van der Waals surface area (Å²) in [6.07, 6.45) is 0.490. The van der Waals surface area contributed by atoms with Crippen molar-refractivity contribution in [2.24, 2.45) is 0 Å². The number of aryl methyl sites for hydroxylation is 2. The lowest BCUT2D eigenvalue weighted by Crippen LogP contribution is -2.42. The predicted molar refractivity (Wildman–Crippen MR) is 125 cm³/mol. The van der Waals surface area contributed by atoms with Crippen LogP contribution in [0.25, 0.3) is 0 Å². The van der Waals surface area contributed by atoms with Crippen LogP contribution >= 0.6 is 0 Å². The summed E-state index contributed by atoms with van der Waals surface area (Å²) in [4.78, 5) is 42.6. The lowest BCUT2D eigenvalue weighted by atomic mass is 10.0. The van der Waals surface area contributed by atoms with Crippen molar-refractivity contribution in [1.82, 2.24) is 9.55 Å². The van der Waals surface area contributed by atoms with Crippen LogP contribution in [0, 0.1) is 13.8 Å². The van der Waals surface area contributed by atoms with E-state index >= 15 is 0 Å². The molecule has 1 amide bonds. The molecule has 32 heavy (non-hydrogen) atoms. The Hall–Kier alpha value is -3.65. The molecule has 0 aliphatic heterocycles. The largest absolute Gasteiger partial charge is 0.385 e. The van der Waals surface area contributed by atoms with Crippen LogP contribution in [0.2, 0.25) is 0 Å². The number of benzene rings is 2. The minimum atomic E-state index is -0.701. The number of aromatic nitrogens is 2. The summed E-state index contributed by atoms with van der Waals surface area (Å²) in [5.41, 5.74) is 7.99. The van der Waals surface area contributed by atoms with Gasteiger partial charge in [0.25, 0.3) is 11.5 Å². The minimum Gasteiger partial charge on any atom is -0.385 e. The van der Waals surface area contributed by atoms with E-state index in [2.05, 4.69) is 4.98 Å². The van der Waals surface area contributed by atoms with Crippen molar-refractivity contribution in [3.8, 4) is 0 Å². The molecular weight excluding hydrogens is 408 g/mol. The number of rotatable bonds is 8. The van der Waals surface area contributed by atoms with Crippen LogP contribution in [0.4, 0.5) is 11.5 Å². The van der Waals surface area contributed by atoms with Crippen LogP contribution in [0.5, 0.6) is 0 Å². The molecule has 0 aliphatic rings. The van der Waals surface area contributed by atoms with Gasteiger partial charge in [-0.05, 0) is 37.5 Å². The Kier molecular flexibility index (Phi) is 7.27. The number of nitrogens with two attached hydrogens (primary N) is 1. The maximum absolute atomic E-state index is 13.6. The normalized spacial score (nSPS) is 10.8. The quantitative estimate of drug-likeness (QED) is 0.527. The average molecular weight is 437 g/mol. The van der Waals surface area contributed by atoms with Gasteiger partial charge in [-0.1, -0.05) is 48.0 Å². The number of nitrogens with one attached hydrogen (secondary N) is 1. The third-order valence-electron chi connectivity index (χ3n) is 5.27. The van der Waals surface area contributed by atoms with E-state index < -0.39 is 11.2 Å². The molecule has 3 N–H and O–H groups in total. The van der Waals surface area contributed by atoms with Gasteiger partial charge in [0, 0.05) is 25.8 Å². The van der Waals surface area contributed by atoms with Gasteiger partial charge in [-0.2, -0.15) is 0 Å². The first-order valence-electron chi connectivity index (χ1n) is 10.4. The summed E-state index contributed by atoms with van der Waals surface area (Å²) >= 11 is 0. The van der Waals surface area contributed by atoms with Gasteiger partial charge < -0.3 is 15.4 Å². The Bertz CT molecular complexity index is 1210. The number of aromatic amines is 1. The highest BCUT2D eigenvalue weighted by Crippen LogP contribution is 2.22. The van der Waals surface area contributed by atoms with Crippen LogP contribution < -0.4 is 21.9 Å². The molecule has 0 unspecified atom stereocenters. The number of nitrogens with zero attached hydrogens (tertiary/aromatic N) is 2. The number of amides is 1. The number of H-pyrrole nitrogens is 1. The van der Waals surface area contributed by atoms with Crippen LogP contribution in [0.3, 0.4) is 0 Å². The average Bonchev–Trinajstić information content (AvgIpc) is 2.77. The van der Waals surface area contributed by atoms with Crippen molar-refractivity contribution in [2.75, 3.05) is 30.9 Å². The molecule has 1 aromatic heterocycles. The van der Waals surface area contributed by atoms with Gasteiger partial charge in [-0.15, -0.1) is 0 Å². The maximum atomic E-state index is 13.6. The van der Waals surface area contributed by atoms with Gasteiger partial charge in [0.1, 0.15) is 5.82 Å². The zero-order valence-corrected chi connectivity index (χ0v) is 18.6. The first kappa shape index (κ1) is 23.0. The summed E-state index contributed by atoms with van der Waals surface area (Å²) < 4.78 is 6.40. The van der Waals surface area contributed by atoms with Gasteiger partial charge in [-0.3, -0.25) is 19.1 Å². The predicted octanol–water partition coefficient (Wildman–Crippen LogP) is 2.47. The number of hydrogen-bond acceptors (Lipinski definition) is 5. The molecule has 0 bridgehead atoms. The number of carbonyl (C=O) groups excluding carboxylic acids is 1. The molecule has 8 nitrogen and oxygen atoms in total. The molecule has 0 saturated carbocycles. The monoisotopic (exact) mass is 436 g/mol. The standard InChI is InChI=1S/C24H28N4O4/c1-16-10-11-17(2)19(14-16)23(30)27(12-7-13-32-3)20-21(25)28(24(31)26-22(20)29)15-18-8-5-4-6-9-18/h4-6,8-11,14H,7,12-13,15,25H2,1-3H3,(H,26,29,31). The Morgan fingerprint density at radius 1 is 1.12 bits per heavy atom. The zero-order chi connectivity index (χ0) is 23.3. The van der Waals surface area contributed by atoms with Crippen molar-refractivity contribution < 1.29 is 9.53 Å². The number of methoxy groups -OCH3 is 1. The molecule has 0 spiro atoms. The zero-order valence-electron chi connectivity index (χ0n) is 18.6. The van der Waals surface area contributed by atoms with Crippen molar-refractivity contribution in [3.63, 3.8) is 0 Å². The molecular formula is C24H28N4O4. The second kappa shape index (κ2) is 10.1. The van der Waals surface area contributed by atoms with E-state index in [0.29, 0.717) is 18.6 Å². The molecule has 0 saturated heterocycles. The van der Waals surface area contributed by atoms with E-state index in [1.807, 2.05) is 56.3 Å². The van der Waals surface area contributed by atoms with Crippen molar-refractivity contribution in [3.05, 3.63) is 91.6 Å². The molecule has 2 aromatic carbocycles. The molecule has 0 atom stereocenters. The number of anilines is 2. The highest BCUT2D eigenvalue weighted by Gasteiger charge is 2.26. The van der Waals surface area contributed by atoms with Crippen molar-refractivity contribution >= 4 is 17.4 Å². The molecule has 3 aromatic rings. The van der Waals surface area contributed by atoms with E-state index in [4.69, 9.17) is 10.5 Å². The molecule has 8 heteroatoms. The SMILES string of the molecule is COCCCN(C(=O)c1cc(C)ccc1C)c1c(N)n(Cc2ccccc2)c(=O)[nH]c1=O. The lowest BCUT2D eigenvalue weighted by Gasteiger charge is -2.25. The Labute approximate surface area is 186 Å². The Balaban J connectivity index is 2.12. The van der Waals surface area contributed by atoms with Crippen molar-refractivity contribution in [2.45, 2.75) is 26.8 Å². The smallest absolute Gasteiger partial charge is 0.330 e. The summed E-state index contributed by atoms with van der Waals surface area (Å²) in [5, 5.41) is 0. The van der Waals surface area contributed by atoms with Crippen LogP contribution in [0.1, 0.15) is 33.5 Å². The highest BCUT2D eigenvalue weighted by molar-refractivity contribution is 6.08. The highest BCUT2D eigenvalue weighted by atomic mass is 16.5. The molecule has 168 valence electrons. The van der Waals surface area contributed by atoms with Crippen LogP contribution in [-0.2, 0) is 11.3 Å². The van der Waals surface area contributed by atoms with Gasteiger partial charge >= 0.3 is 5.69 Å². The third-order valence-corrected chi connectivity index (χ3v) is 5.27. The van der Waals surface area contributed by atoms with E-state index in [1.165, 1.54) is 9.47 Å². The van der Waals surface area contributed by atoms with E-state index in [1.54, 1.807) is 13.2 Å². The van der Waals surface area contributed by atoms with Gasteiger partial charge in [0.05, 0.1) is 6.54 Å².